The molecule has 0 bridgehead atoms. The minimum atomic E-state index is -0.749. The van der Waals surface area contributed by atoms with Crippen LogP contribution in [0.15, 0.2) is 0 Å². The topological polar surface area (TPSA) is 66.6 Å². The molecule has 0 aromatic rings. The molecule has 86 valence electrons. The summed E-state index contributed by atoms with van der Waals surface area (Å²) in [6.07, 6.45) is 2.59. The van der Waals surface area contributed by atoms with Gasteiger partial charge in [-0.2, -0.15) is 0 Å². The van der Waals surface area contributed by atoms with Crippen molar-refractivity contribution >= 4 is 23.2 Å². The first-order valence-corrected chi connectivity index (χ1v) is 5.73. The number of piperidine rings is 1. The third-order valence-electron chi connectivity index (χ3n) is 2.97. The van der Waals surface area contributed by atoms with Gasteiger partial charge in [0.1, 0.15) is 6.04 Å². The molecule has 1 rings (SSSR count). The second-order valence-electron chi connectivity index (χ2n) is 4.00. The van der Waals surface area contributed by atoms with Gasteiger partial charge in [0.2, 0.25) is 0 Å². The first-order chi connectivity index (χ1) is 7.06. The molecule has 1 fully saturated rings. The monoisotopic (exact) mass is 230 g/mol. The van der Waals surface area contributed by atoms with Crippen LogP contribution in [0.25, 0.3) is 0 Å². The standard InChI is InChI=1S/C10H18N2O2S/c1-2-8(10(13)14)12-5-3-4-7(6-12)9(11)15/h7-8H,2-6H2,1H3,(H2,11,15)(H,13,14). The minimum absolute atomic E-state index is 0.183. The van der Waals surface area contributed by atoms with Gasteiger partial charge in [-0.25, -0.2) is 0 Å². The Balaban J connectivity index is 2.62. The quantitative estimate of drug-likeness (QED) is 0.701. The van der Waals surface area contributed by atoms with Crippen molar-refractivity contribution in [2.24, 2.45) is 11.7 Å². The van der Waals surface area contributed by atoms with E-state index in [4.69, 9.17) is 23.1 Å². The van der Waals surface area contributed by atoms with Crippen molar-refractivity contribution in [3.05, 3.63) is 0 Å². The highest BCUT2D eigenvalue weighted by atomic mass is 32.1. The number of carbonyl (C=O) groups is 1. The van der Waals surface area contributed by atoms with Gasteiger partial charge in [-0.05, 0) is 25.8 Å². The van der Waals surface area contributed by atoms with Crippen molar-refractivity contribution in [2.75, 3.05) is 13.1 Å². The van der Waals surface area contributed by atoms with E-state index in [1.165, 1.54) is 0 Å². The lowest BCUT2D eigenvalue weighted by Crippen LogP contribution is -2.48. The fourth-order valence-electron chi connectivity index (χ4n) is 2.11. The van der Waals surface area contributed by atoms with E-state index in [9.17, 15) is 4.79 Å². The summed E-state index contributed by atoms with van der Waals surface area (Å²) in [7, 11) is 0. The van der Waals surface area contributed by atoms with Gasteiger partial charge < -0.3 is 10.8 Å². The van der Waals surface area contributed by atoms with E-state index in [2.05, 4.69) is 0 Å². The second-order valence-corrected chi connectivity index (χ2v) is 4.47. The Kier molecular flexibility index (Phi) is 4.47. The van der Waals surface area contributed by atoms with Crippen molar-refractivity contribution in [1.82, 2.24) is 4.90 Å². The number of thiocarbonyl (C=S) groups is 1. The molecule has 0 amide bonds. The number of hydrogen-bond donors (Lipinski definition) is 2. The Labute approximate surface area is 95.4 Å². The summed E-state index contributed by atoms with van der Waals surface area (Å²) < 4.78 is 0. The van der Waals surface area contributed by atoms with E-state index in [-0.39, 0.29) is 12.0 Å². The highest BCUT2D eigenvalue weighted by Gasteiger charge is 2.29. The molecular formula is C10H18N2O2S. The van der Waals surface area contributed by atoms with Crippen LogP contribution < -0.4 is 5.73 Å². The lowest BCUT2D eigenvalue weighted by atomic mass is 9.96. The van der Waals surface area contributed by atoms with Gasteiger partial charge in [0.05, 0.1) is 4.99 Å². The zero-order chi connectivity index (χ0) is 11.4. The average molecular weight is 230 g/mol. The summed E-state index contributed by atoms with van der Waals surface area (Å²) in [5.41, 5.74) is 5.60. The average Bonchev–Trinajstić information content (AvgIpc) is 2.18. The van der Waals surface area contributed by atoms with Gasteiger partial charge in [-0.15, -0.1) is 0 Å². The summed E-state index contributed by atoms with van der Waals surface area (Å²) >= 11 is 4.96. The molecule has 0 aliphatic carbocycles. The van der Waals surface area contributed by atoms with E-state index in [1.54, 1.807) is 0 Å². The molecule has 1 aliphatic rings. The molecule has 1 heterocycles. The molecular weight excluding hydrogens is 212 g/mol. The van der Waals surface area contributed by atoms with Crippen molar-refractivity contribution in [2.45, 2.75) is 32.2 Å². The highest BCUT2D eigenvalue weighted by Crippen LogP contribution is 2.20. The third kappa shape index (κ3) is 3.14. The molecule has 0 spiro atoms. The van der Waals surface area contributed by atoms with E-state index in [0.29, 0.717) is 18.0 Å². The molecule has 1 saturated heterocycles. The number of carboxylic acids is 1. The molecule has 3 N–H and O–H groups in total. The molecule has 1 aliphatic heterocycles. The van der Waals surface area contributed by atoms with Crippen LogP contribution in [0.1, 0.15) is 26.2 Å². The van der Waals surface area contributed by atoms with Crippen LogP contribution >= 0.6 is 12.2 Å². The maximum atomic E-state index is 11.0. The lowest BCUT2D eigenvalue weighted by Gasteiger charge is -2.35. The molecule has 4 nitrogen and oxygen atoms in total. The number of nitrogens with two attached hydrogens (primary N) is 1. The number of nitrogens with zero attached hydrogens (tertiary/aromatic N) is 1. The Morgan fingerprint density at radius 1 is 1.73 bits per heavy atom. The van der Waals surface area contributed by atoms with Gasteiger partial charge in [0.25, 0.3) is 0 Å². The summed E-state index contributed by atoms with van der Waals surface area (Å²) in [5.74, 6) is -0.566. The molecule has 0 aromatic carbocycles. The van der Waals surface area contributed by atoms with Crippen molar-refractivity contribution in [1.29, 1.82) is 0 Å². The summed E-state index contributed by atoms with van der Waals surface area (Å²) in [6.45, 7) is 3.42. The number of rotatable bonds is 4. The molecule has 2 atom stereocenters. The third-order valence-corrected chi connectivity index (χ3v) is 3.30. The van der Waals surface area contributed by atoms with Crippen LogP contribution in [0.4, 0.5) is 0 Å². The SMILES string of the molecule is CCC(C(=O)O)N1CCCC(C(N)=S)C1. The highest BCUT2D eigenvalue weighted by molar-refractivity contribution is 7.80. The molecule has 0 saturated carbocycles. The second kappa shape index (κ2) is 5.42. The van der Waals surface area contributed by atoms with Crippen LogP contribution in [0.5, 0.6) is 0 Å². The Bertz CT molecular complexity index is 258. The fourth-order valence-corrected chi connectivity index (χ4v) is 2.30. The molecule has 5 heteroatoms. The molecule has 0 radical (unpaired) electrons. The van der Waals surface area contributed by atoms with E-state index in [0.717, 1.165) is 19.4 Å². The van der Waals surface area contributed by atoms with E-state index >= 15 is 0 Å². The predicted octanol–water partition coefficient (Wildman–Crippen LogP) is 0.848. The minimum Gasteiger partial charge on any atom is -0.480 e. The maximum absolute atomic E-state index is 11.0. The van der Waals surface area contributed by atoms with Crippen LogP contribution in [0.2, 0.25) is 0 Å². The Morgan fingerprint density at radius 3 is 2.87 bits per heavy atom. The zero-order valence-electron chi connectivity index (χ0n) is 8.98. The van der Waals surface area contributed by atoms with Crippen LogP contribution in [0, 0.1) is 5.92 Å². The van der Waals surface area contributed by atoms with Gasteiger partial charge in [0, 0.05) is 12.5 Å². The van der Waals surface area contributed by atoms with Crippen LogP contribution in [-0.4, -0.2) is 40.1 Å². The van der Waals surface area contributed by atoms with Gasteiger partial charge in [-0.1, -0.05) is 19.1 Å². The smallest absolute Gasteiger partial charge is 0.320 e. The summed E-state index contributed by atoms with van der Waals surface area (Å²) in [6, 6.07) is -0.387. The normalized spacial score (nSPS) is 24.7. The van der Waals surface area contributed by atoms with Gasteiger partial charge >= 0.3 is 5.97 Å². The number of likely N-dealkylation sites (tertiary alicyclic amines) is 1. The van der Waals surface area contributed by atoms with Crippen LogP contribution in [0.3, 0.4) is 0 Å². The predicted molar refractivity (Wildman–Crippen MR) is 62.8 cm³/mol. The largest absolute Gasteiger partial charge is 0.480 e. The Morgan fingerprint density at radius 2 is 2.40 bits per heavy atom. The number of hydrogen-bond acceptors (Lipinski definition) is 3. The van der Waals surface area contributed by atoms with Crippen molar-refractivity contribution in [3.63, 3.8) is 0 Å². The van der Waals surface area contributed by atoms with Gasteiger partial charge in [-0.3, -0.25) is 9.69 Å². The molecule has 15 heavy (non-hydrogen) atoms. The van der Waals surface area contributed by atoms with E-state index < -0.39 is 5.97 Å². The summed E-state index contributed by atoms with van der Waals surface area (Å²) in [5, 5.41) is 9.04. The summed E-state index contributed by atoms with van der Waals surface area (Å²) in [4.78, 5) is 13.5. The van der Waals surface area contributed by atoms with Crippen LogP contribution in [-0.2, 0) is 4.79 Å². The van der Waals surface area contributed by atoms with E-state index in [1.807, 2.05) is 11.8 Å². The fraction of sp³-hybridized carbons (Fsp3) is 0.800. The Hall–Kier alpha value is -0.680. The van der Waals surface area contributed by atoms with Gasteiger partial charge in [0.15, 0.2) is 0 Å². The molecule has 2 unspecified atom stereocenters. The number of carboxylic acid groups (broad SMARTS) is 1. The molecule has 0 aromatic heterocycles. The zero-order valence-corrected chi connectivity index (χ0v) is 9.80. The van der Waals surface area contributed by atoms with Crippen molar-refractivity contribution < 1.29 is 9.90 Å². The first kappa shape index (κ1) is 12.4. The lowest BCUT2D eigenvalue weighted by molar-refractivity contribution is -0.144. The number of aliphatic carboxylic acids is 1. The van der Waals surface area contributed by atoms with Crippen molar-refractivity contribution in [3.8, 4) is 0 Å². The first-order valence-electron chi connectivity index (χ1n) is 5.32. The maximum Gasteiger partial charge on any atom is 0.320 e.